The first kappa shape index (κ1) is 15.4. The van der Waals surface area contributed by atoms with Gasteiger partial charge in [0.1, 0.15) is 0 Å². The first-order chi connectivity index (χ1) is 10.0. The average Bonchev–Trinajstić information content (AvgIpc) is 2.90. The Bertz CT molecular complexity index is 583. The number of guanidine groups is 1. The van der Waals surface area contributed by atoms with Crippen molar-refractivity contribution in [3.05, 3.63) is 36.0 Å². The van der Waals surface area contributed by atoms with Crippen LogP contribution in [0.2, 0.25) is 0 Å². The molecule has 21 heavy (non-hydrogen) atoms. The molecule has 0 saturated carbocycles. The van der Waals surface area contributed by atoms with Crippen LogP contribution in [0.25, 0.3) is 10.9 Å². The molecule has 114 valence electrons. The van der Waals surface area contributed by atoms with E-state index in [2.05, 4.69) is 38.8 Å². The van der Waals surface area contributed by atoms with Crippen LogP contribution in [-0.2, 0) is 11.3 Å². The van der Waals surface area contributed by atoms with Crippen LogP contribution in [0.5, 0.6) is 0 Å². The number of nitrogens with one attached hydrogen (secondary N) is 3. The van der Waals surface area contributed by atoms with Crippen LogP contribution in [0.15, 0.2) is 35.3 Å². The normalized spacial score (nSPS) is 12.7. The van der Waals surface area contributed by atoms with Crippen molar-refractivity contribution in [3.63, 3.8) is 0 Å². The summed E-state index contributed by atoms with van der Waals surface area (Å²) in [7, 11) is 3.47. The van der Waals surface area contributed by atoms with Crippen molar-refractivity contribution in [2.45, 2.75) is 26.0 Å². The Labute approximate surface area is 125 Å². The van der Waals surface area contributed by atoms with E-state index in [-0.39, 0.29) is 5.60 Å². The number of rotatable bonds is 5. The molecule has 0 spiro atoms. The zero-order chi connectivity index (χ0) is 15.3. The van der Waals surface area contributed by atoms with Crippen molar-refractivity contribution in [2.24, 2.45) is 4.99 Å². The number of ether oxygens (including phenoxy) is 1. The number of aliphatic imine (C=N–C) groups is 1. The minimum Gasteiger partial charge on any atom is -0.377 e. The highest BCUT2D eigenvalue weighted by Gasteiger charge is 2.16. The first-order valence-corrected chi connectivity index (χ1v) is 7.10. The fraction of sp³-hybridized carbons (Fsp3) is 0.438. The molecule has 1 aromatic heterocycles. The largest absolute Gasteiger partial charge is 0.377 e. The van der Waals surface area contributed by atoms with E-state index < -0.39 is 0 Å². The van der Waals surface area contributed by atoms with Gasteiger partial charge in [0.25, 0.3) is 0 Å². The predicted octanol–water partition coefficient (Wildman–Crippen LogP) is 2.26. The fourth-order valence-corrected chi connectivity index (χ4v) is 2.00. The lowest BCUT2D eigenvalue weighted by Crippen LogP contribution is -2.45. The number of methoxy groups -OCH3 is 1. The number of hydrogen-bond donors (Lipinski definition) is 3. The molecule has 5 heteroatoms. The summed E-state index contributed by atoms with van der Waals surface area (Å²) < 4.78 is 5.38. The summed E-state index contributed by atoms with van der Waals surface area (Å²) in [4.78, 5) is 7.61. The Morgan fingerprint density at radius 2 is 2.05 bits per heavy atom. The molecule has 0 bridgehead atoms. The van der Waals surface area contributed by atoms with E-state index in [4.69, 9.17) is 4.74 Å². The maximum Gasteiger partial charge on any atom is 0.191 e. The van der Waals surface area contributed by atoms with E-state index >= 15 is 0 Å². The van der Waals surface area contributed by atoms with Crippen LogP contribution in [0.4, 0.5) is 0 Å². The first-order valence-electron chi connectivity index (χ1n) is 7.10. The van der Waals surface area contributed by atoms with Crippen molar-refractivity contribution in [1.82, 2.24) is 15.6 Å². The van der Waals surface area contributed by atoms with Gasteiger partial charge < -0.3 is 20.4 Å². The number of hydrogen-bond acceptors (Lipinski definition) is 2. The second-order valence-corrected chi connectivity index (χ2v) is 5.62. The lowest BCUT2D eigenvalue weighted by molar-refractivity contribution is 0.0268. The van der Waals surface area contributed by atoms with Crippen molar-refractivity contribution < 1.29 is 4.74 Å². The molecule has 1 aromatic carbocycles. The zero-order valence-corrected chi connectivity index (χ0v) is 13.2. The molecule has 1 heterocycles. The summed E-state index contributed by atoms with van der Waals surface area (Å²) in [5.41, 5.74) is 2.06. The van der Waals surface area contributed by atoms with Crippen LogP contribution in [0.1, 0.15) is 19.5 Å². The maximum atomic E-state index is 5.38. The Morgan fingerprint density at radius 1 is 1.29 bits per heavy atom. The highest BCUT2D eigenvalue weighted by molar-refractivity contribution is 5.81. The minimum absolute atomic E-state index is 0.223. The monoisotopic (exact) mass is 288 g/mol. The number of aromatic amines is 1. The van der Waals surface area contributed by atoms with Gasteiger partial charge >= 0.3 is 0 Å². The van der Waals surface area contributed by atoms with Gasteiger partial charge in [-0.15, -0.1) is 0 Å². The van der Waals surface area contributed by atoms with Crippen molar-refractivity contribution in [3.8, 4) is 0 Å². The molecule has 0 aliphatic heterocycles. The van der Waals surface area contributed by atoms with Gasteiger partial charge in [0.05, 0.1) is 12.1 Å². The van der Waals surface area contributed by atoms with Crippen molar-refractivity contribution in [2.75, 3.05) is 20.7 Å². The number of aromatic nitrogens is 1. The highest BCUT2D eigenvalue weighted by Crippen LogP contribution is 2.14. The summed E-state index contributed by atoms with van der Waals surface area (Å²) in [6, 6.07) is 10.4. The van der Waals surface area contributed by atoms with Gasteiger partial charge in [-0.1, -0.05) is 18.2 Å². The molecule has 2 rings (SSSR count). The van der Waals surface area contributed by atoms with E-state index in [9.17, 15) is 0 Å². The molecule has 0 saturated heterocycles. The molecule has 0 aliphatic rings. The van der Waals surface area contributed by atoms with Crippen LogP contribution < -0.4 is 10.6 Å². The predicted molar refractivity (Wildman–Crippen MR) is 87.6 cm³/mol. The van der Waals surface area contributed by atoms with Gasteiger partial charge in [-0.2, -0.15) is 0 Å². The number of fused-ring (bicyclic) bond motifs is 1. The third kappa shape index (κ3) is 4.23. The molecular weight excluding hydrogens is 264 g/mol. The molecule has 0 atom stereocenters. The second kappa shape index (κ2) is 6.63. The topological polar surface area (TPSA) is 61.4 Å². The zero-order valence-electron chi connectivity index (χ0n) is 13.2. The van der Waals surface area contributed by atoms with Gasteiger partial charge in [0.2, 0.25) is 0 Å². The quantitative estimate of drug-likeness (QED) is 0.584. The minimum atomic E-state index is -0.223. The Kier molecular flexibility index (Phi) is 4.85. The SMILES string of the molecule is CN=C(NCc1cc2ccccc2[nH]1)NCC(C)(C)OC. The van der Waals surface area contributed by atoms with Gasteiger partial charge in [-0.05, 0) is 31.4 Å². The smallest absolute Gasteiger partial charge is 0.191 e. The molecule has 0 amide bonds. The number of H-pyrrole nitrogens is 1. The van der Waals surface area contributed by atoms with Crippen LogP contribution in [-0.4, -0.2) is 37.2 Å². The van der Waals surface area contributed by atoms with Gasteiger partial charge in [-0.3, -0.25) is 4.99 Å². The summed E-state index contributed by atoms with van der Waals surface area (Å²) >= 11 is 0. The van der Waals surface area contributed by atoms with E-state index in [1.54, 1.807) is 14.2 Å². The fourth-order valence-electron chi connectivity index (χ4n) is 2.00. The van der Waals surface area contributed by atoms with Crippen molar-refractivity contribution in [1.29, 1.82) is 0 Å². The molecule has 0 unspecified atom stereocenters. The lowest BCUT2D eigenvalue weighted by Gasteiger charge is -2.24. The summed E-state index contributed by atoms with van der Waals surface area (Å²) in [5, 5.41) is 7.78. The number of benzene rings is 1. The third-order valence-electron chi connectivity index (χ3n) is 3.49. The van der Waals surface area contributed by atoms with Crippen LogP contribution >= 0.6 is 0 Å². The molecule has 3 N–H and O–H groups in total. The number of nitrogens with zero attached hydrogens (tertiary/aromatic N) is 1. The van der Waals surface area contributed by atoms with Gasteiger partial charge in [0.15, 0.2) is 5.96 Å². The number of para-hydroxylation sites is 1. The Morgan fingerprint density at radius 3 is 2.71 bits per heavy atom. The van der Waals surface area contributed by atoms with Gasteiger partial charge in [0, 0.05) is 31.9 Å². The highest BCUT2D eigenvalue weighted by atomic mass is 16.5. The molecule has 0 fully saturated rings. The molecule has 0 aliphatic carbocycles. The van der Waals surface area contributed by atoms with Crippen LogP contribution in [0, 0.1) is 0 Å². The molecule has 5 nitrogen and oxygen atoms in total. The van der Waals surface area contributed by atoms with E-state index in [1.807, 2.05) is 26.0 Å². The lowest BCUT2D eigenvalue weighted by atomic mass is 10.1. The third-order valence-corrected chi connectivity index (χ3v) is 3.49. The maximum absolute atomic E-state index is 5.38. The van der Waals surface area contributed by atoms with E-state index in [1.165, 1.54) is 5.39 Å². The standard InChI is InChI=1S/C16H24N4O/c1-16(2,21-4)11-19-15(17-3)18-10-13-9-12-7-5-6-8-14(12)20-13/h5-9,20H,10-11H2,1-4H3,(H2,17,18,19). The second-order valence-electron chi connectivity index (χ2n) is 5.62. The Hall–Kier alpha value is -2.01. The molecule has 2 aromatic rings. The molecule has 0 radical (unpaired) electrons. The summed E-state index contributed by atoms with van der Waals surface area (Å²) in [6.07, 6.45) is 0. The van der Waals surface area contributed by atoms with Crippen molar-refractivity contribution >= 4 is 16.9 Å². The Balaban J connectivity index is 1.91. The average molecular weight is 288 g/mol. The van der Waals surface area contributed by atoms with Gasteiger partial charge in [-0.25, -0.2) is 0 Å². The van der Waals surface area contributed by atoms with Crippen LogP contribution in [0.3, 0.4) is 0 Å². The van der Waals surface area contributed by atoms with E-state index in [0.717, 1.165) is 17.2 Å². The van der Waals surface area contributed by atoms with E-state index in [0.29, 0.717) is 13.1 Å². The summed E-state index contributed by atoms with van der Waals surface area (Å²) in [5.74, 6) is 0.763. The molecular formula is C16H24N4O. The summed E-state index contributed by atoms with van der Waals surface area (Å²) in [6.45, 7) is 5.45.